The lowest BCUT2D eigenvalue weighted by molar-refractivity contribution is -0.887. The summed E-state index contributed by atoms with van der Waals surface area (Å²) in [6.45, 7) is 3.51. The first kappa shape index (κ1) is 22.3. The molecular formula is C16H30NO7+. The van der Waals surface area contributed by atoms with Crippen molar-refractivity contribution < 1.29 is 38.2 Å². The van der Waals surface area contributed by atoms with Crippen LogP contribution in [0.4, 0.5) is 0 Å². The van der Waals surface area contributed by atoms with Crippen molar-refractivity contribution in [1.29, 1.82) is 0 Å². The molecule has 8 nitrogen and oxygen atoms in total. The van der Waals surface area contributed by atoms with E-state index < -0.39 is 24.1 Å². The quantitative estimate of drug-likeness (QED) is 0.317. The SMILES string of the molecule is CCC(=O)OCC(COCCC(C(=O)O)[N+](C)(C)C)OC(=O)CC. The Bertz CT molecular complexity index is 417. The molecular weight excluding hydrogens is 318 g/mol. The number of carboxylic acids is 1. The van der Waals surface area contributed by atoms with Crippen LogP contribution in [0.25, 0.3) is 0 Å². The zero-order valence-corrected chi connectivity index (χ0v) is 15.2. The maximum atomic E-state index is 11.4. The topological polar surface area (TPSA) is 99.1 Å². The summed E-state index contributed by atoms with van der Waals surface area (Å²) < 4.78 is 15.9. The second-order valence-electron chi connectivity index (χ2n) is 6.34. The number of nitrogens with zero attached hydrogens (tertiary/aromatic N) is 1. The number of ether oxygens (including phenoxy) is 3. The Kier molecular flexibility index (Phi) is 10.2. The molecule has 0 aliphatic rings. The van der Waals surface area contributed by atoms with Gasteiger partial charge in [0, 0.05) is 19.3 Å². The van der Waals surface area contributed by atoms with Crippen LogP contribution < -0.4 is 0 Å². The van der Waals surface area contributed by atoms with Gasteiger partial charge < -0.3 is 23.8 Å². The van der Waals surface area contributed by atoms with Crippen LogP contribution in [0.5, 0.6) is 0 Å². The predicted molar refractivity (Wildman–Crippen MR) is 86.3 cm³/mol. The van der Waals surface area contributed by atoms with Crippen molar-refractivity contribution in [3.05, 3.63) is 0 Å². The van der Waals surface area contributed by atoms with E-state index in [0.29, 0.717) is 6.42 Å². The maximum Gasteiger partial charge on any atom is 0.362 e. The predicted octanol–water partition coefficient (Wildman–Crippen LogP) is 0.828. The van der Waals surface area contributed by atoms with E-state index in [-0.39, 0.29) is 43.1 Å². The number of rotatable bonds is 12. The number of hydrogen-bond donors (Lipinski definition) is 1. The van der Waals surface area contributed by atoms with Gasteiger partial charge >= 0.3 is 17.9 Å². The first-order valence-electron chi connectivity index (χ1n) is 8.08. The van der Waals surface area contributed by atoms with E-state index in [1.54, 1.807) is 35.0 Å². The molecule has 0 aliphatic heterocycles. The molecule has 0 saturated heterocycles. The lowest BCUT2D eigenvalue weighted by atomic mass is 10.1. The molecule has 24 heavy (non-hydrogen) atoms. The van der Waals surface area contributed by atoms with Gasteiger partial charge in [0.05, 0.1) is 34.4 Å². The van der Waals surface area contributed by atoms with Crippen molar-refractivity contribution in [3.63, 3.8) is 0 Å². The number of aliphatic carboxylic acids is 1. The minimum Gasteiger partial charge on any atom is -0.477 e. The van der Waals surface area contributed by atoms with Crippen LogP contribution in [-0.4, -0.2) is 80.6 Å². The van der Waals surface area contributed by atoms with Crippen molar-refractivity contribution in [3.8, 4) is 0 Å². The van der Waals surface area contributed by atoms with E-state index in [1.165, 1.54) is 0 Å². The lowest BCUT2D eigenvalue weighted by Gasteiger charge is -2.31. The highest BCUT2D eigenvalue weighted by atomic mass is 16.6. The number of quaternary nitrogens is 1. The zero-order valence-electron chi connectivity index (χ0n) is 15.2. The number of hydrogen-bond acceptors (Lipinski definition) is 6. The average Bonchev–Trinajstić information content (AvgIpc) is 2.49. The Balaban J connectivity index is 4.40. The molecule has 0 aromatic carbocycles. The Labute approximate surface area is 143 Å². The number of carbonyl (C=O) groups excluding carboxylic acids is 2. The fourth-order valence-corrected chi connectivity index (χ4v) is 1.93. The van der Waals surface area contributed by atoms with E-state index in [4.69, 9.17) is 14.2 Å². The van der Waals surface area contributed by atoms with Gasteiger partial charge in [0.25, 0.3) is 0 Å². The normalized spacial score (nSPS) is 13.9. The summed E-state index contributed by atoms with van der Waals surface area (Å²) >= 11 is 0. The lowest BCUT2D eigenvalue weighted by Crippen LogP contribution is -2.50. The Morgan fingerprint density at radius 3 is 2.04 bits per heavy atom. The number of esters is 2. The molecule has 140 valence electrons. The van der Waals surface area contributed by atoms with E-state index >= 15 is 0 Å². The van der Waals surface area contributed by atoms with Gasteiger partial charge in [0.1, 0.15) is 6.61 Å². The van der Waals surface area contributed by atoms with Crippen LogP contribution in [0.3, 0.4) is 0 Å². The summed E-state index contributed by atoms with van der Waals surface area (Å²) in [6.07, 6.45) is 0.0717. The number of likely N-dealkylation sites (N-methyl/N-ethyl adjacent to an activating group) is 1. The molecule has 0 aromatic rings. The Hall–Kier alpha value is -1.67. The van der Waals surface area contributed by atoms with E-state index in [9.17, 15) is 19.5 Å². The monoisotopic (exact) mass is 348 g/mol. The fraction of sp³-hybridized carbons (Fsp3) is 0.812. The second kappa shape index (κ2) is 11.0. The summed E-state index contributed by atoms with van der Waals surface area (Å²) in [4.78, 5) is 33.9. The molecule has 8 heteroatoms. The summed E-state index contributed by atoms with van der Waals surface area (Å²) in [6, 6.07) is -0.598. The summed E-state index contributed by atoms with van der Waals surface area (Å²) in [7, 11) is 5.40. The molecule has 0 amide bonds. The minimum absolute atomic E-state index is 0.0478. The third-order valence-electron chi connectivity index (χ3n) is 3.37. The van der Waals surface area contributed by atoms with Crippen LogP contribution >= 0.6 is 0 Å². The summed E-state index contributed by atoms with van der Waals surface area (Å²) in [5.41, 5.74) is 0. The smallest absolute Gasteiger partial charge is 0.362 e. The molecule has 2 unspecified atom stereocenters. The van der Waals surface area contributed by atoms with Crippen LogP contribution in [0.15, 0.2) is 0 Å². The van der Waals surface area contributed by atoms with E-state index in [0.717, 1.165) is 0 Å². The Morgan fingerprint density at radius 2 is 1.58 bits per heavy atom. The first-order chi connectivity index (χ1) is 11.1. The molecule has 0 heterocycles. The molecule has 0 rings (SSSR count). The van der Waals surface area contributed by atoms with Gasteiger partial charge in [-0.25, -0.2) is 4.79 Å². The zero-order chi connectivity index (χ0) is 18.8. The molecule has 0 bridgehead atoms. The van der Waals surface area contributed by atoms with Crippen molar-refractivity contribution >= 4 is 17.9 Å². The molecule has 0 saturated carbocycles. The average molecular weight is 348 g/mol. The number of carbonyl (C=O) groups is 3. The molecule has 0 radical (unpaired) electrons. The highest BCUT2D eigenvalue weighted by Gasteiger charge is 2.31. The van der Waals surface area contributed by atoms with Gasteiger partial charge in [-0.3, -0.25) is 9.59 Å². The second-order valence-corrected chi connectivity index (χ2v) is 6.34. The highest BCUT2D eigenvalue weighted by molar-refractivity contribution is 5.72. The largest absolute Gasteiger partial charge is 0.477 e. The van der Waals surface area contributed by atoms with Crippen molar-refractivity contribution in [2.45, 2.75) is 45.3 Å². The van der Waals surface area contributed by atoms with Gasteiger partial charge in [-0.1, -0.05) is 13.8 Å². The summed E-state index contributed by atoms with van der Waals surface area (Å²) in [5.74, 6) is -1.69. The van der Waals surface area contributed by atoms with Crippen LogP contribution in [-0.2, 0) is 28.6 Å². The first-order valence-corrected chi connectivity index (χ1v) is 8.08. The van der Waals surface area contributed by atoms with Gasteiger partial charge in [-0.05, 0) is 0 Å². The van der Waals surface area contributed by atoms with E-state index in [1.807, 2.05) is 0 Å². The molecule has 0 aromatic heterocycles. The molecule has 0 fully saturated rings. The minimum atomic E-state index is -0.892. The van der Waals surface area contributed by atoms with Crippen LogP contribution in [0.1, 0.15) is 33.1 Å². The van der Waals surface area contributed by atoms with Crippen LogP contribution in [0.2, 0.25) is 0 Å². The van der Waals surface area contributed by atoms with Crippen molar-refractivity contribution in [2.75, 3.05) is 41.0 Å². The third-order valence-corrected chi connectivity index (χ3v) is 3.37. The summed E-state index contributed by atoms with van der Waals surface area (Å²) in [5, 5.41) is 9.24. The fourth-order valence-electron chi connectivity index (χ4n) is 1.93. The number of carboxylic acid groups (broad SMARTS) is 1. The van der Waals surface area contributed by atoms with E-state index in [2.05, 4.69) is 0 Å². The van der Waals surface area contributed by atoms with Gasteiger partial charge in [-0.15, -0.1) is 0 Å². The maximum absolute atomic E-state index is 11.4. The highest BCUT2D eigenvalue weighted by Crippen LogP contribution is 2.09. The molecule has 1 N–H and O–H groups in total. The molecule has 2 atom stereocenters. The Morgan fingerprint density at radius 1 is 1.00 bits per heavy atom. The van der Waals surface area contributed by atoms with Crippen molar-refractivity contribution in [1.82, 2.24) is 0 Å². The molecule has 0 aliphatic carbocycles. The van der Waals surface area contributed by atoms with Gasteiger partial charge in [0.2, 0.25) is 0 Å². The van der Waals surface area contributed by atoms with Gasteiger partial charge in [-0.2, -0.15) is 0 Å². The van der Waals surface area contributed by atoms with Gasteiger partial charge in [0.15, 0.2) is 12.1 Å². The molecule has 0 spiro atoms. The standard InChI is InChI=1S/C16H29NO7/c1-6-14(18)23-11-12(24-15(19)7-2)10-22-9-8-13(16(20)21)17(3,4)5/h12-13H,6-11H2,1-5H3/p+1. The third kappa shape index (κ3) is 9.46. The van der Waals surface area contributed by atoms with Crippen LogP contribution in [0, 0.1) is 0 Å². The van der Waals surface area contributed by atoms with Crippen molar-refractivity contribution in [2.24, 2.45) is 0 Å².